The fourth-order valence-corrected chi connectivity index (χ4v) is 1.84. The van der Waals surface area contributed by atoms with Gasteiger partial charge in [-0.2, -0.15) is 0 Å². The summed E-state index contributed by atoms with van der Waals surface area (Å²) in [6, 6.07) is 9.17. The Morgan fingerprint density at radius 1 is 1.17 bits per heavy atom. The van der Waals surface area contributed by atoms with E-state index in [0.717, 1.165) is 0 Å². The molecule has 0 aliphatic carbocycles. The number of pyridine rings is 1. The predicted octanol–water partition coefficient (Wildman–Crippen LogP) is 3.14. The summed E-state index contributed by atoms with van der Waals surface area (Å²) in [5, 5.41) is 5.38. The molecule has 2 N–H and O–H groups in total. The molecule has 0 unspecified atom stereocenters. The average molecular weight is 329 g/mol. The first-order valence-corrected chi connectivity index (χ1v) is 7.56. The summed E-state index contributed by atoms with van der Waals surface area (Å²) in [4.78, 5) is 28.0. The van der Waals surface area contributed by atoms with Crippen LogP contribution in [0, 0.1) is 11.2 Å². The second kappa shape index (κ2) is 7.21. The zero-order valence-electron chi connectivity index (χ0n) is 13.9. The lowest BCUT2D eigenvalue weighted by atomic mass is 9.96. The third kappa shape index (κ3) is 4.87. The molecule has 0 radical (unpaired) electrons. The molecule has 5 nitrogen and oxygen atoms in total. The molecule has 24 heavy (non-hydrogen) atoms. The molecule has 0 fully saturated rings. The van der Waals surface area contributed by atoms with Gasteiger partial charge in [0.1, 0.15) is 11.6 Å². The predicted molar refractivity (Wildman–Crippen MR) is 89.9 cm³/mol. The molecule has 6 heteroatoms. The number of amides is 2. The number of carbonyl (C=O) groups excluding carboxylic acids is 2. The highest BCUT2D eigenvalue weighted by Crippen LogP contribution is 2.16. The molecule has 1 heterocycles. The molecular formula is C18H20FN3O2. The van der Waals surface area contributed by atoms with E-state index in [4.69, 9.17) is 0 Å². The number of nitrogens with zero attached hydrogens (tertiary/aromatic N) is 1. The summed E-state index contributed by atoms with van der Waals surface area (Å²) >= 11 is 0. The van der Waals surface area contributed by atoms with Crippen LogP contribution in [-0.2, 0) is 11.3 Å². The van der Waals surface area contributed by atoms with E-state index in [2.05, 4.69) is 15.6 Å². The molecule has 126 valence electrons. The van der Waals surface area contributed by atoms with Crippen LogP contribution in [0.2, 0.25) is 0 Å². The van der Waals surface area contributed by atoms with Gasteiger partial charge in [0.2, 0.25) is 5.91 Å². The maximum Gasteiger partial charge on any atom is 0.253 e. The van der Waals surface area contributed by atoms with Crippen LogP contribution >= 0.6 is 0 Å². The Hall–Kier alpha value is -2.76. The second-order valence-corrected chi connectivity index (χ2v) is 6.45. The van der Waals surface area contributed by atoms with Crippen molar-refractivity contribution in [3.8, 4) is 0 Å². The van der Waals surface area contributed by atoms with E-state index in [-0.39, 0.29) is 24.2 Å². The standard InChI is InChI=1S/C18H20FN3O2/c1-18(2,3)17(24)22-15-8-7-13(11-20-15)16(23)21-10-12-5-4-6-14(19)9-12/h4-9,11H,10H2,1-3H3,(H,21,23)(H,20,22,24). The minimum Gasteiger partial charge on any atom is -0.348 e. The summed E-state index contributed by atoms with van der Waals surface area (Å²) in [5.41, 5.74) is 0.508. The zero-order valence-corrected chi connectivity index (χ0v) is 13.9. The van der Waals surface area contributed by atoms with Crippen molar-refractivity contribution in [1.82, 2.24) is 10.3 Å². The van der Waals surface area contributed by atoms with Gasteiger partial charge in [-0.25, -0.2) is 9.37 Å². The number of anilines is 1. The summed E-state index contributed by atoms with van der Waals surface area (Å²) < 4.78 is 13.1. The lowest BCUT2D eigenvalue weighted by molar-refractivity contribution is -0.123. The zero-order chi connectivity index (χ0) is 17.7. The van der Waals surface area contributed by atoms with Gasteiger partial charge in [0.05, 0.1) is 5.56 Å². The first-order valence-electron chi connectivity index (χ1n) is 7.56. The number of hydrogen-bond acceptors (Lipinski definition) is 3. The van der Waals surface area contributed by atoms with E-state index in [1.807, 2.05) is 0 Å². The number of halogens is 1. The molecule has 0 aliphatic heterocycles. The molecular weight excluding hydrogens is 309 g/mol. The van der Waals surface area contributed by atoms with Gasteiger partial charge in [-0.1, -0.05) is 32.9 Å². The van der Waals surface area contributed by atoms with Crippen molar-refractivity contribution in [3.63, 3.8) is 0 Å². The summed E-state index contributed by atoms with van der Waals surface area (Å²) in [7, 11) is 0. The van der Waals surface area contributed by atoms with E-state index in [1.54, 1.807) is 45.0 Å². The van der Waals surface area contributed by atoms with Gasteiger partial charge in [-0.3, -0.25) is 9.59 Å². The average Bonchev–Trinajstić information content (AvgIpc) is 2.52. The Kier molecular flexibility index (Phi) is 5.28. The molecule has 2 amide bonds. The Labute approximate surface area is 140 Å². The van der Waals surface area contributed by atoms with Gasteiger partial charge >= 0.3 is 0 Å². The molecule has 0 bridgehead atoms. The SMILES string of the molecule is CC(C)(C)C(=O)Nc1ccc(C(=O)NCc2cccc(F)c2)cn1. The van der Waals surface area contributed by atoms with Gasteiger partial charge in [0.25, 0.3) is 5.91 Å². The number of aromatic nitrogens is 1. The van der Waals surface area contributed by atoms with Gasteiger partial charge in [-0.05, 0) is 29.8 Å². The van der Waals surface area contributed by atoms with Gasteiger partial charge in [-0.15, -0.1) is 0 Å². The van der Waals surface area contributed by atoms with E-state index in [0.29, 0.717) is 16.9 Å². The molecule has 0 spiro atoms. The summed E-state index contributed by atoms with van der Waals surface area (Å²) in [6.07, 6.45) is 1.39. The Balaban J connectivity index is 1.95. The van der Waals surface area contributed by atoms with Crippen LogP contribution in [0.4, 0.5) is 10.2 Å². The van der Waals surface area contributed by atoms with Crippen molar-refractivity contribution in [3.05, 3.63) is 59.5 Å². The topological polar surface area (TPSA) is 71.1 Å². The highest BCUT2D eigenvalue weighted by Gasteiger charge is 2.21. The smallest absolute Gasteiger partial charge is 0.253 e. The molecule has 1 aromatic carbocycles. The van der Waals surface area contributed by atoms with Gasteiger partial charge in [0.15, 0.2) is 0 Å². The minimum absolute atomic E-state index is 0.154. The van der Waals surface area contributed by atoms with Crippen LogP contribution in [0.3, 0.4) is 0 Å². The highest BCUT2D eigenvalue weighted by atomic mass is 19.1. The summed E-state index contributed by atoms with van der Waals surface area (Å²) in [6.45, 7) is 5.63. The van der Waals surface area contributed by atoms with Crippen molar-refractivity contribution in [2.75, 3.05) is 5.32 Å². The molecule has 0 atom stereocenters. The number of carbonyl (C=O) groups is 2. The van der Waals surface area contributed by atoms with Crippen LogP contribution < -0.4 is 10.6 Å². The fourth-order valence-electron chi connectivity index (χ4n) is 1.84. The molecule has 1 aromatic heterocycles. The Bertz CT molecular complexity index is 737. The molecule has 0 saturated carbocycles. The van der Waals surface area contributed by atoms with Crippen molar-refractivity contribution < 1.29 is 14.0 Å². The lowest BCUT2D eigenvalue weighted by Crippen LogP contribution is -2.28. The molecule has 2 rings (SSSR count). The highest BCUT2D eigenvalue weighted by molar-refractivity contribution is 5.95. The van der Waals surface area contributed by atoms with Gasteiger partial charge in [0, 0.05) is 18.2 Å². The second-order valence-electron chi connectivity index (χ2n) is 6.45. The van der Waals surface area contributed by atoms with Crippen molar-refractivity contribution in [1.29, 1.82) is 0 Å². The largest absolute Gasteiger partial charge is 0.348 e. The number of hydrogen-bond donors (Lipinski definition) is 2. The molecule has 2 aromatic rings. The van der Waals surface area contributed by atoms with E-state index in [9.17, 15) is 14.0 Å². The number of rotatable bonds is 4. The monoisotopic (exact) mass is 329 g/mol. The first-order chi connectivity index (χ1) is 11.3. The van der Waals surface area contributed by atoms with Crippen molar-refractivity contribution in [2.24, 2.45) is 5.41 Å². The van der Waals surface area contributed by atoms with Gasteiger partial charge < -0.3 is 10.6 Å². The maximum atomic E-state index is 13.1. The van der Waals surface area contributed by atoms with E-state index < -0.39 is 5.41 Å². The summed E-state index contributed by atoms with van der Waals surface area (Å²) in [5.74, 6) is -0.433. The number of benzene rings is 1. The molecule has 0 saturated heterocycles. The van der Waals surface area contributed by atoms with Crippen LogP contribution in [0.25, 0.3) is 0 Å². The van der Waals surface area contributed by atoms with Crippen LogP contribution in [-0.4, -0.2) is 16.8 Å². The van der Waals surface area contributed by atoms with E-state index >= 15 is 0 Å². The van der Waals surface area contributed by atoms with Crippen LogP contribution in [0.1, 0.15) is 36.7 Å². The normalized spacial score (nSPS) is 11.0. The van der Waals surface area contributed by atoms with Crippen molar-refractivity contribution in [2.45, 2.75) is 27.3 Å². The van der Waals surface area contributed by atoms with E-state index in [1.165, 1.54) is 18.3 Å². The number of nitrogens with one attached hydrogen (secondary N) is 2. The lowest BCUT2D eigenvalue weighted by Gasteiger charge is -2.17. The Morgan fingerprint density at radius 3 is 2.50 bits per heavy atom. The maximum absolute atomic E-state index is 13.1. The third-order valence-electron chi connectivity index (χ3n) is 3.29. The quantitative estimate of drug-likeness (QED) is 0.905. The fraction of sp³-hybridized carbons (Fsp3) is 0.278. The van der Waals surface area contributed by atoms with Crippen LogP contribution in [0.5, 0.6) is 0 Å². The third-order valence-corrected chi connectivity index (χ3v) is 3.29. The molecule has 0 aliphatic rings. The Morgan fingerprint density at radius 2 is 1.92 bits per heavy atom. The first kappa shape index (κ1) is 17.6. The minimum atomic E-state index is -0.525. The van der Waals surface area contributed by atoms with Crippen LogP contribution in [0.15, 0.2) is 42.6 Å². The van der Waals surface area contributed by atoms with Crippen molar-refractivity contribution >= 4 is 17.6 Å².